The monoisotopic (exact) mass is 310 g/mol. The number of hydrogen-bond acceptors (Lipinski definition) is 4. The average Bonchev–Trinajstić information content (AvgIpc) is 3.24. The molecule has 3 aromatic heterocycles. The number of hydrogen-bond donors (Lipinski definition) is 1. The van der Waals surface area contributed by atoms with Crippen molar-refractivity contribution in [1.82, 2.24) is 23.8 Å². The summed E-state index contributed by atoms with van der Waals surface area (Å²) >= 11 is 0. The highest BCUT2D eigenvalue weighted by molar-refractivity contribution is 5.92. The minimum atomic E-state index is -0.111. The number of carbonyl (C=O) groups is 1. The maximum Gasteiger partial charge on any atom is 0.290 e. The van der Waals surface area contributed by atoms with Gasteiger partial charge >= 0.3 is 0 Å². The summed E-state index contributed by atoms with van der Waals surface area (Å²) in [5.41, 5.74) is 8.08. The second-order valence-corrected chi connectivity index (χ2v) is 6.02. The van der Waals surface area contributed by atoms with Crippen molar-refractivity contribution in [2.75, 3.05) is 13.1 Å². The van der Waals surface area contributed by atoms with E-state index in [9.17, 15) is 4.79 Å². The molecule has 7 heteroatoms. The van der Waals surface area contributed by atoms with Crippen LogP contribution in [0.15, 0.2) is 43.1 Å². The molecule has 4 rings (SSSR count). The summed E-state index contributed by atoms with van der Waals surface area (Å²) in [5, 5.41) is 0. The van der Waals surface area contributed by atoms with E-state index in [2.05, 4.69) is 9.97 Å². The SMILES string of the molecule is Cn1cnc([C@@H]2CN(C(=O)c3ncc4ccccn34)C[C@H]2N)c1. The van der Waals surface area contributed by atoms with E-state index < -0.39 is 0 Å². The standard InChI is InChI=1S/C16H18N6O/c1-20-9-14(19-10-20)12-7-21(8-13(12)17)16(23)15-18-6-11-4-2-3-5-22(11)15/h2-6,9-10,12-13H,7-8,17H2,1H3/t12-,13-/m1/s1. The third-order valence-electron chi connectivity index (χ3n) is 4.39. The molecule has 1 saturated heterocycles. The molecule has 1 aliphatic heterocycles. The molecule has 0 bridgehead atoms. The van der Waals surface area contributed by atoms with Gasteiger partial charge in [0.25, 0.3) is 5.91 Å². The fourth-order valence-electron chi connectivity index (χ4n) is 3.18. The molecule has 2 atom stereocenters. The minimum absolute atomic E-state index is 0.0615. The molecule has 0 unspecified atom stereocenters. The van der Waals surface area contributed by atoms with Crippen LogP contribution in [0.25, 0.3) is 5.52 Å². The van der Waals surface area contributed by atoms with E-state index in [1.54, 1.807) is 17.4 Å². The summed E-state index contributed by atoms with van der Waals surface area (Å²) < 4.78 is 3.70. The van der Waals surface area contributed by atoms with Crippen molar-refractivity contribution >= 4 is 11.4 Å². The topological polar surface area (TPSA) is 81.5 Å². The molecule has 1 aliphatic rings. The van der Waals surface area contributed by atoms with E-state index in [0.717, 1.165) is 11.2 Å². The van der Waals surface area contributed by atoms with Crippen LogP contribution in [0.2, 0.25) is 0 Å². The summed E-state index contributed by atoms with van der Waals surface area (Å²) in [7, 11) is 1.93. The highest BCUT2D eigenvalue weighted by Gasteiger charge is 2.36. The molecular weight excluding hydrogens is 292 g/mol. The third-order valence-corrected chi connectivity index (χ3v) is 4.39. The van der Waals surface area contributed by atoms with Crippen LogP contribution in [-0.2, 0) is 7.05 Å². The Hall–Kier alpha value is -2.67. The van der Waals surface area contributed by atoms with Crippen molar-refractivity contribution in [3.63, 3.8) is 0 Å². The molecule has 0 radical (unpaired) electrons. The van der Waals surface area contributed by atoms with Gasteiger partial charge in [0, 0.05) is 44.5 Å². The lowest BCUT2D eigenvalue weighted by Gasteiger charge is -2.15. The first kappa shape index (κ1) is 14.0. The molecule has 3 aromatic rings. The summed E-state index contributed by atoms with van der Waals surface area (Å²) in [5.74, 6) is 0.394. The lowest BCUT2D eigenvalue weighted by molar-refractivity contribution is 0.0776. The van der Waals surface area contributed by atoms with Gasteiger partial charge in [-0.3, -0.25) is 9.20 Å². The zero-order chi connectivity index (χ0) is 16.0. The number of fused-ring (bicyclic) bond motifs is 1. The van der Waals surface area contributed by atoms with Gasteiger partial charge in [0.2, 0.25) is 5.82 Å². The van der Waals surface area contributed by atoms with Crippen molar-refractivity contribution in [1.29, 1.82) is 0 Å². The quantitative estimate of drug-likeness (QED) is 0.753. The second kappa shape index (κ2) is 5.20. The smallest absolute Gasteiger partial charge is 0.290 e. The number of likely N-dealkylation sites (tertiary alicyclic amines) is 1. The molecular formula is C16H18N6O. The van der Waals surface area contributed by atoms with Crippen molar-refractivity contribution in [3.05, 3.63) is 54.6 Å². The zero-order valence-corrected chi connectivity index (χ0v) is 12.8. The predicted octanol–water partition coefficient (Wildman–Crippen LogP) is 0.635. The van der Waals surface area contributed by atoms with Crippen LogP contribution in [0, 0.1) is 0 Å². The molecule has 23 heavy (non-hydrogen) atoms. The molecule has 2 N–H and O–H groups in total. The fourth-order valence-corrected chi connectivity index (χ4v) is 3.18. The van der Waals surface area contributed by atoms with Crippen molar-refractivity contribution in [2.45, 2.75) is 12.0 Å². The maximum atomic E-state index is 12.8. The number of nitrogens with zero attached hydrogens (tertiary/aromatic N) is 5. The van der Waals surface area contributed by atoms with Gasteiger partial charge in [0.05, 0.1) is 23.7 Å². The molecule has 1 amide bonds. The summed E-state index contributed by atoms with van der Waals surface area (Å²) in [6.45, 7) is 1.08. The molecule has 4 heterocycles. The largest absolute Gasteiger partial charge is 0.340 e. The van der Waals surface area contributed by atoms with Gasteiger partial charge < -0.3 is 15.2 Å². The lowest BCUT2D eigenvalue weighted by Crippen LogP contribution is -2.33. The summed E-state index contributed by atoms with van der Waals surface area (Å²) in [4.78, 5) is 23.2. The van der Waals surface area contributed by atoms with E-state index in [1.165, 1.54) is 0 Å². The minimum Gasteiger partial charge on any atom is -0.340 e. The van der Waals surface area contributed by atoms with E-state index in [-0.39, 0.29) is 17.9 Å². The molecule has 0 aromatic carbocycles. The Morgan fingerprint density at radius 3 is 2.96 bits per heavy atom. The van der Waals surface area contributed by atoms with E-state index >= 15 is 0 Å². The molecule has 0 spiro atoms. The number of aryl methyl sites for hydroxylation is 1. The fraction of sp³-hybridized carbons (Fsp3) is 0.312. The first-order valence-corrected chi connectivity index (χ1v) is 7.58. The van der Waals surface area contributed by atoms with Crippen molar-refractivity contribution < 1.29 is 4.79 Å². The Kier molecular flexibility index (Phi) is 3.16. The maximum absolute atomic E-state index is 12.8. The van der Waals surface area contributed by atoms with E-state index in [0.29, 0.717) is 18.9 Å². The number of pyridine rings is 1. The zero-order valence-electron chi connectivity index (χ0n) is 12.8. The van der Waals surface area contributed by atoms with Crippen LogP contribution >= 0.6 is 0 Å². The first-order chi connectivity index (χ1) is 11.1. The number of imidazole rings is 2. The number of rotatable bonds is 2. The van der Waals surface area contributed by atoms with Gasteiger partial charge in [0.1, 0.15) is 0 Å². The van der Waals surface area contributed by atoms with Gasteiger partial charge in [-0.15, -0.1) is 0 Å². The van der Waals surface area contributed by atoms with Gasteiger partial charge in [-0.2, -0.15) is 0 Å². The summed E-state index contributed by atoms with van der Waals surface area (Å²) in [6.07, 6.45) is 7.28. The van der Waals surface area contributed by atoms with Gasteiger partial charge in [0.15, 0.2) is 0 Å². The normalized spacial score (nSPS) is 21.2. The van der Waals surface area contributed by atoms with Gasteiger partial charge in [-0.25, -0.2) is 9.97 Å². The highest BCUT2D eigenvalue weighted by atomic mass is 16.2. The number of nitrogens with two attached hydrogens (primary N) is 1. The average molecular weight is 310 g/mol. The Morgan fingerprint density at radius 2 is 2.17 bits per heavy atom. The van der Waals surface area contributed by atoms with Crippen molar-refractivity contribution in [3.8, 4) is 0 Å². The van der Waals surface area contributed by atoms with Crippen LogP contribution in [0.5, 0.6) is 0 Å². The third kappa shape index (κ3) is 2.29. The molecule has 1 fully saturated rings. The molecule has 7 nitrogen and oxygen atoms in total. The van der Waals surface area contributed by atoms with E-state index in [4.69, 9.17) is 5.73 Å². The van der Waals surface area contributed by atoms with Crippen molar-refractivity contribution in [2.24, 2.45) is 12.8 Å². The Labute approximate surface area is 133 Å². The van der Waals surface area contributed by atoms with Crippen LogP contribution in [-0.4, -0.2) is 48.9 Å². The van der Waals surface area contributed by atoms with Crippen LogP contribution in [0.1, 0.15) is 22.2 Å². The summed E-state index contributed by atoms with van der Waals surface area (Å²) in [6, 6.07) is 5.63. The molecule has 118 valence electrons. The molecule has 0 saturated carbocycles. The number of carbonyl (C=O) groups excluding carboxylic acids is 1. The second-order valence-electron chi connectivity index (χ2n) is 6.02. The lowest BCUT2D eigenvalue weighted by atomic mass is 10.0. The number of amides is 1. The highest BCUT2D eigenvalue weighted by Crippen LogP contribution is 2.26. The van der Waals surface area contributed by atoms with Crippen LogP contribution in [0.4, 0.5) is 0 Å². The van der Waals surface area contributed by atoms with Crippen LogP contribution < -0.4 is 5.73 Å². The van der Waals surface area contributed by atoms with Crippen LogP contribution in [0.3, 0.4) is 0 Å². The Balaban J connectivity index is 1.60. The Morgan fingerprint density at radius 1 is 1.30 bits per heavy atom. The number of aromatic nitrogens is 4. The first-order valence-electron chi connectivity index (χ1n) is 7.58. The predicted molar refractivity (Wildman–Crippen MR) is 85.0 cm³/mol. The molecule has 0 aliphatic carbocycles. The van der Waals surface area contributed by atoms with Gasteiger partial charge in [-0.1, -0.05) is 6.07 Å². The Bertz CT molecular complexity index is 866. The van der Waals surface area contributed by atoms with E-state index in [1.807, 2.05) is 46.6 Å². The van der Waals surface area contributed by atoms with Gasteiger partial charge in [-0.05, 0) is 12.1 Å².